The van der Waals surface area contributed by atoms with E-state index in [1.165, 1.54) is 6.42 Å². The van der Waals surface area contributed by atoms with Crippen LogP contribution in [0, 0.1) is 0 Å². The van der Waals surface area contributed by atoms with Gasteiger partial charge in [-0.2, -0.15) is 0 Å². The van der Waals surface area contributed by atoms with Gasteiger partial charge in [0, 0.05) is 45.0 Å². The Morgan fingerprint density at radius 1 is 1.18 bits per heavy atom. The number of carbonyl (C=O) groups excluding carboxylic acids is 2. The number of rotatable bonds is 4. The molecule has 22 heavy (non-hydrogen) atoms. The van der Waals surface area contributed by atoms with Gasteiger partial charge < -0.3 is 15.1 Å². The number of piperidine rings is 1. The van der Waals surface area contributed by atoms with Crippen molar-refractivity contribution in [2.24, 2.45) is 0 Å². The quantitative estimate of drug-likeness (QED) is 0.930. The molecule has 1 aromatic rings. The van der Waals surface area contributed by atoms with Crippen LogP contribution in [0.5, 0.6) is 0 Å². The lowest BCUT2D eigenvalue weighted by Gasteiger charge is -2.28. The molecule has 1 N–H and O–H groups in total. The summed E-state index contributed by atoms with van der Waals surface area (Å²) in [7, 11) is 3.85. The topological polar surface area (TPSA) is 52.7 Å². The zero-order valence-electron chi connectivity index (χ0n) is 13.7. The van der Waals surface area contributed by atoms with Gasteiger partial charge in [0.25, 0.3) is 5.91 Å². The van der Waals surface area contributed by atoms with Crippen LogP contribution in [0.1, 0.15) is 43.0 Å². The third-order valence-corrected chi connectivity index (χ3v) is 3.96. The van der Waals surface area contributed by atoms with Gasteiger partial charge in [-0.15, -0.1) is 0 Å². The molecule has 120 valence electrons. The fourth-order valence-electron chi connectivity index (χ4n) is 2.69. The molecular weight excluding hydrogens is 278 g/mol. The van der Waals surface area contributed by atoms with Crippen molar-refractivity contribution in [2.45, 2.75) is 32.6 Å². The summed E-state index contributed by atoms with van der Waals surface area (Å²) in [4.78, 5) is 28.2. The van der Waals surface area contributed by atoms with Crippen LogP contribution in [0.2, 0.25) is 0 Å². The van der Waals surface area contributed by atoms with Gasteiger partial charge >= 0.3 is 0 Å². The van der Waals surface area contributed by atoms with Crippen LogP contribution < -0.4 is 10.2 Å². The fraction of sp³-hybridized carbons (Fsp3) is 0.529. The average molecular weight is 303 g/mol. The lowest BCUT2D eigenvalue weighted by Crippen LogP contribution is -2.36. The van der Waals surface area contributed by atoms with E-state index in [9.17, 15) is 9.59 Å². The minimum atomic E-state index is -0.0472. The van der Waals surface area contributed by atoms with E-state index in [-0.39, 0.29) is 11.8 Å². The maximum atomic E-state index is 12.8. The minimum absolute atomic E-state index is 0.0472. The molecule has 2 amide bonds. The number of hydrogen-bond donors (Lipinski definition) is 1. The average Bonchev–Trinajstić information content (AvgIpc) is 2.54. The molecule has 0 atom stereocenters. The first-order chi connectivity index (χ1) is 10.5. The summed E-state index contributed by atoms with van der Waals surface area (Å²) >= 11 is 0. The molecule has 0 aliphatic carbocycles. The molecule has 1 aromatic carbocycles. The van der Waals surface area contributed by atoms with Crippen LogP contribution in [0.4, 0.5) is 11.4 Å². The van der Waals surface area contributed by atoms with Crippen molar-refractivity contribution in [2.75, 3.05) is 37.4 Å². The Morgan fingerprint density at radius 3 is 2.45 bits per heavy atom. The Balaban J connectivity index is 2.30. The first-order valence-corrected chi connectivity index (χ1v) is 7.93. The maximum absolute atomic E-state index is 12.8. The van der Waals surface area contributed by atoms with Crippen LogP contribution >= 0.6 is 0 Å². The van der Waals surface area contributed by atoms with Crippen molar-refractivity contribution >= 4 is 23.2 Å². The summed E-state index contributed by atoms with van der Waals surface area (Å²) in [5, 5.41) is 2.83. The summed E-state index contributed by atoms with van der Waals surface area (Å²) in [6.07, 6.45) is 3.74. The highest BCUT2D eigenvalue weighted by molar-refractivity contribution is 6.02. The lowest BCUT2D eigenvalue weighted by molar-refractivity contribution is -0.115. The Labute approximate surface area is 132 Å². The SMILES string of the molecule is CCC(=O)Nc1ccc(N(C)C)c(C(=O)N2CCCCC2)c1. The second kappa shape index (κ2) is 7.29. The molecule has 2 rings (SSSR count). The molecule has 1 aliphatic rings. The van der Waals surface area contributed by atoms with Gasteiger partial charge in [-0.3, -0.25) is 9.59 Å². The van der Waals surface area contributed by atoms with Crippen molar-refractivity contribution in [3.63, 3.8) is 0 Å². The van der Waals surface area contributed by atoms with Crippen LogP contribution in [-0.2, 0) is 4.79 Å². The van der Waals surface area contributed by atoms with E-state index in [0.29, 0.717) is 17.7 Å². The predicted molar refractivity (Wildman–Crippen MR) is 89.4 cm³/mol. The number of nitrogens with one attached hydrogen (secondary N) is 1. The van der Waals surface area contributed by atoms with Gasteiger partial charge in [-0.25, -0.2) is 0 Å². The largest absolute Gasteiger partial charge is 0.377 e. The minimum Gasteiger partial charge on any atom is -0.377 e. The molecule has 0 aromatic heterocycles. The summed E-state index contributed by atoms with van der Waals surface area (Å²) in [6, 6.07) is 5.53. The van der Waals surface area contributed by atoms with E-state index < -0.39 is 0 Å². The van der Waals surface area contributed by atoms with Crippen molar-refractivity contribution in [3.05, 3.63) is 23.8 Å². The third kappa shape index (κ3) is 3.78. The monoisotopic (exact) mass is 303 g/mol. The molecule has 1 saturated heterocycles. The zero-order chi connectivity index (χ0) is 16.1. The van der Waals surface area contributed by atoms with E-state index in [0.717, 1.165) is 31.6 Å². The number of amides is 2. The van der Waals surface area contributed by atoms with Crippen LogP contribution in [0.3, 0.4) is 0 Å². The van der Waals surface area contributed by atoms with Gasteiger partial charge in [-0.1, -0.05) is 6.92 Å². The molecule has 1 heterocycles. The van der Waals surface area contributed by atoms with Crippen molar-refractivity contribution in [1.82, 2.24) is 4.90 Å². The Kier molecular flexibility index (Phi) is 5.41. The highest BCUT2D eigenvalue weighted by atomic mass is 16.2. The number of benzene rings is 1. The van der Waals surface area contributed by atoms with E-state index in [1.807, 2.05) is 43.0 Å². The van der Waals surface area contributed by atoms with Gasteiger partial charge in [0.1, 0.15) is 0 Å². The van der Waals surface area contributed by atoms with Gasteiger partial charge in [0.05, 0.1) is 5.56 Å². The van der Waals surface area contributed by atoms with Crippen LogP contribution in [-0.4, -0.2) is 43.9 Å². The molecule has 0 radical (unpaired) electrons. The Bertz CT molecular complexity index is 549. The van der Waals surface area contributed by atoms with E-state index in [1.54, 1.807) is 6.07 Å². The lowest BCUT2D eigenvalue weighted by atomic mass is 10.1. The number of anilines is 2. The normalized spacial score (nSPS) is 14.6. The number of likely N-dealkylation sites (tertiary alicyclic amines) is 1. The van der Waals surface area contributed by atoms with Crippen molar-refractivity contribution in [3.8, 4) is 0 Å². The molecule has 0 unspecified atom stereocenters. The van der Waals surface area contributed by atoms with Crippen LogP contribution in [0.15, 0.2) is 18.2 Å². The highest BCUT2D eigenvalue weighted by Gasteiger charge is 2.22. The number of carbonyl (C=O) groups is 2. The molecule has 0 bridgehead atoms. The van der Waals surface area contributed by atoms with E-state index in [4.69, 9.17) is 0 Å². The van der Waals surface area contributed by atoms with E-state index >= 15 is 0 Å². The van der Waals surface area contributed by atoms with Crippen LogP contribution in [0.25, 0.3) is 0 Å². The summed E-state index contributed by atoms with van der Waals surface area (Å²) in [6.45, 7) is 3.44. The molecular formula is C17H25N3O2. The standard InChI is InChI=1S/C17H25N3O2/c1-4-16(21)18-13-8-9-15(19(2)3)14(12-13)17(22)20-10-6-5-7-11-20/h8-9,12H,4-7,10-11H2,1-3H3,(H,18,21). The molecule has 0 spiro atoms. The predicted octanol–water partition coefficient (Wildman–Crippen LogP) is 2.73. The van der Waals surface area contributed by atoms with E-state index in [2.05, 4.69) is 5.32 Å². The highest BCUT2D eigenvalue weighted by Crippen LogP contribution is 2.25. The summed E-state index contributed by atoms with van der Waals surface area (Å²) in [5.74, 6) is 0.00460. The molecule has 5 heteroatoms. The van der Waals surface area contributed by atoms with Crippen molar-refractivity contribution in [1.29, 1.82) is 0 Å². The fourth-order valence-corrected chi connectivity index (χ4v) is 2.69. The third-order valence-electron chi connectivity index (χ3n) is 3.96. The van der Waals surface area contributed by atoms with Gasteiger partial charge in [0.2, 0.25) is 5.91 Å². The number of hydrogen-bond acceptors (Lipinski definition) is 3. The first-order valence-electron chi connectivity index (χ1n) is 7.93. The maximum Gasteiger partial charge on any atom is 0.256 e. The summed E-state index contributed by atoms with van der Waals surface area (Å²) in [5.41, 5.74) is 2.21. The smallest absolute Gasteiger partial charge is 0.256 e. The molecule has 1 fully saturated rings. The second-order valence-electron chi connectivity index (χ2n) is 5.88. The second-order valence-corrected chi connectivity index (χ2v) is 5.88. The van der Waals surface area contributed by atoms with Gasteiger partial charge in [-0.05, 0) is 37.5 Å². The first kappa shape index (κ1) is 16.3. The Morgan fingerprint density at radius 2 is 1.86 bits per heavy atom. The molecule has 0 saturated carbocycles. The molecule has 1 aliphatic heterocycles. The number of nitrogens with zero attached hydrogens (tertiary/aromatic N) is 2. The Hall–Kier alpha value is -2.04. The van der Waals surface area contributed by atoms with Gasteiger partial charge in [0.15, 0.2) is 0 Å². The molecule has 5 nitrogen and oxygen atoms in total. The summed E-state index contributed by atoms with van der Waals surface area (Å²) < 4.78 is 0. The van der Waals surface area contributed by atoms with Crippen molar-refractivity contribution < 1.29 is 9.59 Å². The zero-order valence-corrected chi connectivity index (χ0v) is 13.7.